The summed E-state index contributed by atoms with van der Waals surface area (Å²) in [5, 5.41) is 3.75. The van der Waals surface area contributed by atoms with Crippen molar-refractivity contribution in [2.24, 2.45) is 5.41 Å². The van der Waals surface area contributed by atoms with Crippen molar-refractivity contribution in [3.05, 3.63) is 24.3 Å². The second kappa shape index (κ2) is 5.44. The Morgan fingerprint density at radius 2 is 1.84 bits per heavy atom. The van der Waals surface area contributed by atoms with E-state index in [-0.39, 0.29) is 0 Å². The second-order valence-electron chi connectivity index (χ2n) is 6.12. The molecule has 1 atom stereocenters. The Morgan fingerprint density at radius 3 is 2.42 bits per heavy atom. The highest BCUT2D eigenvalue weighted by atomic mass is 16.5. The lowest BCUT2D eigenvalue weighted by atomic mass is 9.57. The van der Waals surface area contributed by atoms with Gasteiger partial charge < -0.3 is 10.1 Å². The molecule has 1 unspecified atom stereocenters. The molecule has 0 aromatic heterocycles. The quantitative estimate of drug-likeness (QED) is 0.852. The van der Waals surface area contributed by atoms with Crippen LogP contribution in [-0.2, 0) is 0 Å². The normalized spacial score (nSPS) is 24.8. The maximum Gasteiger partial charge on any atom is 0.119 e. The minimum absolute atomic E-state index is 0.622. The van der Waals surface area contributed by atoms with Crippen molar-refractivity contribution in [1.82, 2.24) is 0 Å². The summed E-state index contributed by atoms with van der Waals surface area (Å²) in [6.07, 6.45) is 9.94. The molecule has 0 amide bonds. The Morgan fingerprint density at radius 1 is 1.11 bits per heavy atom. The molecule has 2 aliphatic rings. The number of anilines is 1. The van der Waals surface area contributed by atoms with Gasteiger partial charge in [0.15, 0.2) is 0 Å². The van der Waals surface area contributed by atoms with Gasteiger partial charge in [0.1, 0.15) is 5.75 Å². The van der Waals surface area contributed by atoms with Crippen molar-refractivity contribution in [3.8, 4) is 5.75 Å². The van der Waals surface area contributed by atoms with Gasteiger partial charge in [-0.1, -0.05) is 19.3 Å². The van der Waals surface area contributed by atoms with Gasteiger partial charge in [-0.2, -0.15) is 0 Å². The zero-order valence-electron chi connectivity index (χ0n) is 12.0. The van der Waals surface area contributed by atoms with E-state index in [1.165, 1.54) is 50.6 Å². The van der Waals surface area contributed by atoms with E-state index < -0.39 is 0 Å². The molecule has 2 nitrogen and oxygen atoms in total. The number of nitrogens with one attached hydrogen (secondary N) is 1. The maximum absolute atomic E-state index is 5.49. The molecule has 1 N–H and O–H groups in total. The van der Waals surface area contributed by atoms with Crippen LogP contribution in [0, 0.1) is 5.41 Å². The summed E-state index contributed by atoms with van der Waals surface area (Å²) >= 11 is 0. The summed E-state index contributed by atoms with van der Waals surface area (Å²) in [7, 11) is 0. The molecule has 0 radical (unpaired) electrons. The molecule has 0 saturated heterocycles. The van der Waals surface area contributed by atoms with Crippen LogP contribution in [0.3, 0.4) is 0 Å². The molecule has 2 saturated carbocycles. The fourth-order valence-corrected chi connectivity index (χ4v) is 3.79. The van der Waals surface area contributed by atoms with E-state index in [0.29, 0.717) is 11.5 Å². The zero-order valence-corrected chi connectivity index (χ0v) is 12.0. The van der Waals surface area contributed by atoms with Crippen molar-refractivity contribution in [3.63, 3.8) is 0 Å². The summed E-state index contributed by atoms with van der Waals surface area (Å²) < 4.78 is 5.49. The third kappa shape index (κ3) is 2.58. The molecule has 19 heavy (non-hydrogen) atoms. The Kier molecular flexibility index (Phi) is 3.67. The third-order valence-electron chi connectivity index (χ3n) is 5.03. The van der Waals surface area contributed by atoms with Gasteiger partial charge in [0.2, 0.25) is 0 Å². The molecule has 1 spiro atoms. The predicted octanol–water partition coefficient (Wildman–Crippen LogP) is 4.61. The van der Waals surface area contributed by atoms with E-state index in [1.54, 1.807) is 0 Å². The fraction of sp³-hybridized carbons (Fsp3) is 0.647. The predicted molar refractivity (Wildman–Crippen MR) is 79.8 cm³/mol. The van der Waals surface area contributed by atoms with E-state index >= 15 is 0 Å². The van der Waals surface area contributed by atoms with Crippen molar-refractivity contribution >= 4 is 5.69 Å². The van der Waals surface area contributed by atoms with E-state index in [0.717, 1.165) is 12.4 Å². The molecular formula is C17H25NO. The van der Waals surface area contributed by atoms with E-state index in [4.69, 9.17) is 4.74 Å². The topological polar surface area (TPSA) is 21.3 Å². The van der Waals surface area contributed by atoms with E-state index in [9.17, 15) is 0 Å². The smallest absolute Gasteiger partial charge is 0.119 e. The van der Waals surface area contributed by atoms with Crippen LogP contribution in [0.15, 0.2) is 24.3 Å². The molecule has 0 aliphatic heterocycles. The summed E-state index contributed by atoms with van der Waals surface area (Å²) in [6.45, 7) is 2.76. The first-order valence-electron chi connectivity index (χ1n) is 7.82. The standard InChI is InChI=1S/C17H25NO/c1-2-19-15-8-6-14(7-9-15)18-16-10-13-17(16)11-4-3-5-12-17/h6-9,16,18H,2-5,10-13H2,1H3. The number of hydrogen-bond donors (Lipinski definition) is 1. The van der Waals surface area contributed by atoms with Gasteiger partial charge in [-0.15, -0.1) is 0 Å². The summed E-state index contributed by atoms with van der Waals surface area (Å²) in [5.41, 5.74) is 1.87. The molecule has 0 bridgehead atoms. The highest BCUT2D eigenvalue weighted by Crippen LogP contribution is 2.52. The zero-order chi connectivity index (χ0) is 13.1. The van der Waals surface area contributed by atoms with Crippen LogP contribution in [0.1, 0.15) is 51.9 Å². The van der Waals surface area contributed by atoms with Gasteiger partial charge in [0.05, 0.1) is 6.61 Å². The third-order valence-corrected chi connectivity index (χ3v) is 5.03. The average Bonchev–Trinajstić information content (AvgIpc) is 2.46. The highest BCUT2D eigenvalue weighted by molar-refractivity contribution is 5.48. The number of ether oxygens (including phenoxy) is 1. The van der Waals surface area contributed by atoms with Crippen molar-refractivity contribution < 1.29 is 4.74 Å². The lowest BCUT2D eigenvalue weighted by Gasteiger charge is -2.52. The molecular weight excluding hydrogens is 234 g/mol. The van der Waals surface area contributed by atoms with Crippen LogP contribution in [0.2, 0.25) is 0 Å². The minimum Gasteiger partial charge on any atom is -0.494 e. The highest BCUT2D eigenvalue weighted by Gasteiger charge is 2.46. The monoisotopic (exact) mass is 259 g/mol. The summed E-state index contributed by atoms with van der Waals surface area (Å²) in [5.74, 6) is 0.967. The summed E-state index contributed by atoms with van der Waals surface area (Å²) in [4.78, 5) is 0. The Hall–Kier alpha value is -1.18. The number of benzene rings is 1. The van der Waals surface area contributed by atoms with E-state index in [2.05, 4.69) is 29.6 Å². The first-order chi connectivity index (χ1) is 9.32. The van der Waals surface area contributed by atoms with Gasteiger partial charge in [-0.3, -0.25) is 0 Å². The van der Waals surface area contributed by atoms with Crippen LogP contribution in [0.5, 0.6) is 5.75 Å². The molecule has 2 aliphatic carbocycles. The Labute approximate surface area is 116 Å². The van der Waals surface area contributed by atoms with Crippen LogP contribution in [-0.4, -0.2) is 12.6 Å². The van der Waals surface area contributed by atoms with Crippen molar-refractivity contribution in [2.75, 3.05) is 11.9 Å². The van der Waals surface area contributed by atoms with Crippen molar-refractivity contribution in [1.29, 1.82) is 0 Å². The van der Waals surface area contributed by atoms with Gasteiger partial charge in [0, 0.05) is 11.7 Å². The Bertz CT molecular complexity index is 406. The lowest BCUT2D eigenvalue weighted by Crippen LogP contribution is -2.50. The molecule has 3 rings (SSSR count). The van der Waals surface area contributed by atoms with Gasteiger partial charge in [0.25, 0.3) is 0 Å². The molecule has 1 aromatic carbocycles. The molecule has 2 heteroatoms. The van der Waals surface area contributed by atoms with Gasteiger partial charge in [-0.25, -0.2) is 0 Å². The first kappa shape index (κ1) is 12.8. The van der Waals surface area contributed by atoms with Crippen LogP contribution in [0.4, 0.5) is 5.69 Å². The Balaban J connectivity index is 1.61. The molecule has 2 fully saturated rings. The molecule has 0 heterocycles. The lowest BCUT2D eigenvalue weighted by molar-refractivity contribution is 0.0571. The van der Waals surface area contributed by atoms with Gasteiger partial charge >= 0.3 is 0 Å². The van der Waals surface area contributed by atoms with Crippen LogP contribution >= 0.6 is 0 Å². The first-order valence-corrected chi connectivity index (χ1v) is 7.82. The van der Waals surface area contributed by atoms with E-state index in [1.807, 2.05) is 6.92 Å². The molecule has 104 valence electrons. The fourth-order valence-electron chi connectivity index (χ4n) is 3.79. The number of rotatable bonds is 4. The maximum atomic E-state index is 5.49. The average molecular weight is 259 g/mol. The van der Waals surface area contributed by atoms with Crippen molar-refractivity contribution in [2.45, 2.75) is 57.9 Å². The van der Waals surface area contributed by atoms with Crippen LogP contribution in [0.25, 0.3) is 0 Å². The van der Waals surface area contributed by atoms with Gasteiger partial charge in [-0.05, 0) is 62.3 Å². The largest absolute Gasteiger partial charge is 0.494 e. The second-order valence-corrected chi connectivity index (χ2v) is 6.12. The minimum atomic E-state index is 0.622. The number of hydrogen-bond acceptors (Lipinski definition) is 2. The summed E-state index contributed by atoms with van der Waals surface area (Å²) in [6, 6.07) is 9.14. The SMILES string of the molecule is CCOc1ccc(NC2CCC23CCCCC3)cc1. The molecule has 1 aromatic rings. The van der Waals surface area contributed by atoms with Crippen LogP contribution < -0.4 is 10.1 Å².